The number of hydrogen-bond acceptors (Lipinski definition) is 3. The lowest BCUT2D eigenvalue weighted by Gasteiger charge is -2.34. The van der Waals surface area contributed by atoms with Crippen molar-refractivity contribution in [3.05, 3.63) is 23.8 Å². The molecule has 0 radical (unpaired) electrons. The van der Waals surface area contributed by atoms with Crippen LogP contribution in [0.3, 0.4) is 0 Å². The lowest BCUT2D eigenvalue weighted by atomic mass is 10.0. The Bertz CT molecular complexity index is 526. The molecule has 20 heavy (non-hydrogen) atoms. The molecule has 5 nitrogen and oxygen atoms in total. The summed E-state index contributed by atoms with van der Waals surface area (Å²) >= 11 is 0. The van der Waals surface area contributed by atoms with E-state index in [9.17, 15) is 4.79 Å². The predicted octanol–water partition coefficient (Wildman–Crippen LogP) is 2.02. The fourth-order valence-corrected chi connectivity index (χ4v) is 3.31. The molecule has 0 bridgehead atoms. The maximum absolute atomic E-state index is 12.5. The first kappa shape index (κ1) is 13.3. The number of amides is 1. The van der Waals surface area contributed by atoms with E-state index in [4.69, 9.17) is 0 Å². The highest BCUT2D eigenvalue weighted by molar-refractivity contribution is 5.79. The van der Waals surface area contributed by atoms with Gasteiger partial charge in [-0.3, -0.25) is 4.79 Å². The highest BCUT2D eigenvalue weighted by Gasteiger charge is 2.30. The Morgan fingerprint density at radius 1 is 1.30 bits per heavy atom. The van der Waals surface area contributed by atoms with Crippen molar-refractivity contribution < 1.29 is 4.79 Å². The van der Waals surface area contributed by atoms with Gasteiger partial charge in [0.1, 0.15) is 11.6 Å². The zero-order valence-electron chi connectivity index (χ0n) is 12.2. The van der Waals surface area contributed by atoms with Crippen molar-refractivity contribution >= 4 is 5.91 Å². The Labute approximate surface area is 119 Å². The average molecular weight is 274 g/mol. The summed E-state index contributed by atoms with van der Waals surface area (Å²) in [6.45, 7) is 5.57. The summed E-state index contributed by atoms with van der Waals surface area (Å²) < 4.78 is 2.00. The van der Waals surface area contributed by atoms with Gasteiger partial charge in [-0.1, -0.05) is 12.2 Å². The minimum atomic E-state index is 0.173. The van der Waals surface area contributed by atoms with Crippen LogP contribution in [-0.4, -0.2) is 38.7 Å². The Morgan fingerprint density at radius 2 is 2.05 bits per heavy atom. The average Bonchev–Trinajstić information content (AvgIpc) is 3.08. The highest BCUT2D eigenvalue weighted by atomic mass is 16.2. The second-order valence-electron chi connectivity index (χ2n) is 5.87. The third kappa shape index (κ3) is 2.49. The third-order valence-corrected chi connectivity index (χ3v) is 4.32. The monoisotopic (exact) mass is 274 g/mol. The Hall–Kier alpha value is -1.65. The molecule has 1 aliphatic carbocycles. The number of piperidine rings is 1. The molecule has 3 rings (SSSR count). The van der Waals surface area contributed by atoms with Crippen molar-refractivity contribution in [2.24, 2.45) is 5.92 Å². The molecule has 1 fully saturated rings. The van der Waals surface area contributed by atoms with Gasteiger partial charge in [-0.2, -0.15) is 5.10 Å². The normalized spacial score (nSPS) is 23.5. The number of carbonyl (C=O) groups is 1. The quantitative estimate of drug-likeness (QED) is 0.775. The lowest BCUT2D eigenvalue weighted by molar-refractivity contribution is -0.136. The first-order valence-electron chi connectivity index (χ1n) is 7.48. The molecule has 1 aromatic rings. The summed E-state index contributed by atoms with van der Waals surface area (Å²) in [7, 11) is 0. The van der Waals surface area contributed by atoms with Crippen molar-refractivity contribution in [3.63, 3.8) is 0 Å². The van der Waals surface area contributed by atoms with Gasteiger partial charge >= 0.3 is 0 Å². The van der Waals surface area contributed by atoms with E-state index in [1.807, 2.05) is 23.4 Å². The van der Waals surface area contributed by atoms with Gasteiger partial charge in [0.15, 0.2) is 0 Å². The fourth-order valence-electron chi connectivity index (χ4n) is 3.31. The molecule has 0 unspecified atom stereocenters. The largest absolute Gasteiger partial charge is 0.340 e. The molecule has 0 aromatic carbocycles. The van der Waals surface area contributed by atoms with Crippen molar-refractivity contribution in [2.75, 3.05) is 13.1 Å². The summed E-state index contributed by atoms with van der Waals surface area (Å²) in [5.41, 5.74) is 0. The van der Waals surface area contributed by atoms with E-state index in [0.717, 1.165) is 50.4 Å². The summed E-state index contributed by atoms with van der Waals surface area (Å²) in [4.78, 5) is 18.9. The van der Waals surface area contributed by atoms with Crippen LogP contribution in [0.2, 0.25) is 0 Å². The molecule has 1 atom stereocenters. The van der Waals surface area contributed by atoms with Crippen LogP contribution < -0.4 is 0 Å². The summed E-state index contributed by atoms with van der Waals surface area (Å²) in [5, 5.41) is 4.48. The van der Waals surface area contributed by atoms with Gasteiger partial charge in [0.05, 0.1) is 6.04 Å². The first-order valence-corrected chi connectivity index (χ1v) is 7.48. The number of rotatable bonds is 2. The van der Waals surface area contributed by atoms with Crippen molar-refractivity contribution in [3.8, 4) is 0 Å². The number of hydrogen-bond donors (Lipinski definition) is 0. The van der Waals surface area contributed by atoms with Gasteiger partial charge in [-0.15, -0.1) is 0 Å². The van der Waals surface area contributed by atoms with E-state index in [0.29, 0.717) is 5.91 Å². The number of allylic oxidation sites excluding steroid dienone is 2. The fraction of sp³-hybridized carbons (Fsp3) is 0.667. The van der Waals surface area contributed by atoms with Crippen molar-refractivity contribution in [2.45, 2.75) is 45.6 Å². The number of nitrogens with zero attached hydrogens (tertiary/aromatic N) is 4. The van der Waals surface area contributed by atoms with E-state index >= 15 is 0 Å². The van der Waals surface area contributed by atoms with Crippen LogP contribution in [-0.2, 0) is 4.79 Å². The molecule has 1 aliphatic heterocycles. The van der Waals surface area contributed by atoms with Crippen LogP contribution in [0.4, 0.5) is 0 Å². The molecule has 1 aromatic heterocycles. The lowest BCUT2D eigenvalue weighted by Crippen LogP contribution is -2.43. The molecule has 1 saturated heterocycles. The number of carbonyl (C=O) groups excluding carboxylic acids is 1. The van der Waals surface area contributed by atoms with Gasteiger partial charge < -0.3 is 4.90 Å². The van der Waals surface area contributed by atoms with Gasteiger partial charge in [0.25, 0.3) is 0 Å². The van der Waals surface area contributed by atoms with Crippen LogP contribution in [0, 0.1) is 19.8 Å². The SMILES string of the molecule is Cc1nc(C)n([C@@H]2CCCN(C(=O)C3CC=CC3)C2)n1. The van der Waals surface area contributed by atoms with Crippen LogP contribution in [0.5, 0.6) is 0 Å². The minimum absolute atomic E-state index is 0.173. The number of aryl methyl sites for hydroxylation is 2. The molecule has 108 valence electrons. The second kappa shape index (κ2) is 5.38. The third-order valence-electron chi connectivity index (χ3n) is 4.32. The van der Waals surface area contributed by atoms with E-state index in [1.54, 1.807) is 0 Å². The molecular weight excluding hydrogens is 252 g/mol. The number of aromatic nitrogens is 3. The zero-order chi connectivity index (χ0) is 14.1. The Kier molecular flexibility index (Phi) is 3.59. The molecule has 2 aliphatic rings. The highest BCUT2D eigenvalue weighted by Crippen LogP contribution is 2.26. The van der Waals surface area contributed by atoms with E-state index in [-0.39, 0.29) is 12.0 Å². The van der Waals surface area contributed by atoms with E-state index in [1.165, 1.54) is 0 Å². The van der Waals surface area contributed by atoms with Gasteiger partial charge in [0.2, 0.25) is 5.91 Å². The molecule has 2 heterocycles. The topological polar surface area (TPSA) is 51.0 Å². The molecule has 0 N–H and O–H groups in total. The maximum atomic E-state index is 12.5. The predicted molar refractivity (Wildman–Crippen MR) is 76.2 cm³/mol. The standard InChI is InChI=1S/C15H22N4O/c1-11-16-12(2)19(17-11)14-8-5-9-18(10-14)15(20)13-6-3-4-7-13/h3-4,13-14H,5-10H2,1-2H3/t14-/m1/s1. The van der Waals surface area contributed by atoms with E-state index in [2.05, 4.69) is 22.2 Å². The van der Waals surface area contributed by atoms with Crippen LogP contribution in [0.25, 0.3) is 0 Å². The minimum Gasteiger partial charge on any atom is -0.340 e. The molecule has 5 heteroatoms. The molecule has 0 saturated carbocycles. The molecule has 1 amide bonds. The summed E-state index contributed by atoms with van der Waals surface area (Å²) in [6, 6.07) is 0.281. The first-order chi connectivity index (χ1) is 9.65. The van der Waals surface area contributed by atoms with E-state index < -0.39 is 0 Å². The Balaban J connectivity index is 1.70. The summed E-state index contributed by atoms with van der Waals surface area (Å²) in [6.07, 6.45) is 8.18. The smallest absolute Gasteiger partial charge is 0.226 e. The summed E-state index contributed by atoms with van der Waals surface area (Å²) in [5.74, 6) is 2.25. The van der Waals surface area contributed by atoms with Gasteiger partial charge in [0, 0.05) is 19.0 Å². The maximum Gasteiger partial charge on any atom is 0.226 e. The molecular formula is C15H22N4O. The van der Waals surface area contributed by atoms with Gasteiger partial charge in [-0.25, -0.2) is 9.67 Å². The van der Waals surface area contributed by atoms with Crippen LogP contribution in [0.1, 0.15) is 43.4 Å². The van der Waals surface area contributed by atoms with Crippen LogP contribution in [0.15, 0.2) is 12.2 Å². The van der Waals surface area contributed by atoms with Crippen molar-refractivity contribution in [1.82, 2.24) is 19.7 Å². The zero-order valence-corrected chi connectivity index (χ0v) is 12.2. The van der Waals surface area contributed by atoms with Crippen LogP contribution >= 0.6 is 0 Å². The van der Waals surface area contributed by atoms with Gasteiger partial charge in [-0.05, 0) is 39.5 Å². The molecule has 0 spiro atoms. The number of likely N-dealkylation sites (tertiary alicyclic amines) is 1. The Morgan fingerprint density at radius 3 is 2.70 bits per heavy atom. The van der Waals surface area contributed by atoms with Crippen molar-refractivity contribution in [1.29, 1.82) is 0 Å². The second-order valence-corrected chi connectivity index (χ2v) is 5.87.